The number of carbonyl (C=O) groups excluding carboxylic acids is 1. The number of ether oxygens (including phenoxy) is 2. The van der Waals surface area contributed by atoms with Gasteiger partial charge >= 0.3 is 5.97 Å². The molecule has 212 valence electrons. The molecule has 10 nitrogen and oxygen atoms in total. The molecule has 0 saturated heterocycles. The van der Waals surface area contributed by atoms with Crippen molar-refractivity contribution in [2.75, 3.05) is 29.9 Å². The molecule has 3 aromatic carbocycles. The van der Waals surface area contributed by atoms with Crippen molar-refractivity contribution in [3.63, 3.8) is 0 Å². The molecule has 10 heteroatoms. The van der Waals surface area contributed by atoms with Crippen molar-refractivity contribution >= 4 is 23.3 Å². The van der Waals surface area contributed by atoms with Gasteiger partial charge in [-0.25, -0.2) is 0 Å². The summed E-state index contributed by atoms with van der Waals surface area (Å²) in [4.78, 5) is 26.0. The number of hydrogen-bond acceptors (Lipinski definition) is 8. The number of nitrogens with two attached hydrogens (primary N) is 1. The highest BCUT2D eigenvalue weighted by Crippen LogP contribution is 2.40. The first-order valence-electron chi connectivity index (χ1n) is 13.4. The van der Waals surface area contributed by atoms with Crippen LogP contribution in [0.5, 0.6) is 11.5 Å². The number of carboxylic acid groups (broad SMARTS) is 1. The molecule has 1 heterocycles. The number of rotatable bonds is 14. The van der Waals surface area contributed by atoms with Crippen molar-refractivity contribution in [1.82, 2.24) is 5.48 Å². The van der Waals surface area contributed by atoms with Gasteiger partial charge < -0.3 is 35.7 Å². The number of unbranched alkanes of at least 4 members (excludes halogenated alkanes) is 1. The van der Waals surface area contributed by atoms with Gasteiger partial charge in [-0.2, -0.15) is 5.48 Å². The molecule has 0 spiro atoms. The Hall–Kier alpha value is -4.12. The molecule has 1 aliphatic rings. The lowest BCUT2D eigenvalue weighted by atomic mass is 10.1. The second-order valence-electron chi connectivity index (χ2n) is 9.68. The van der Waals surface area contributed by atoms with Crippen LogP contribution >= 0.6 is 0 Å². The van der Waals surface area contributed by atoms with E-state index in [1.807, 2.05) is 34.6 Å². The molecule has 2 unspecified atom stereocenters. The molecule has 1 aliphatic heterocycles. The minimum absolute atomic E-state index is 0.0193. The number of carbonyl (C=O) groups is 2. The highest BCUT2D eigenvalue weighted by atomic mass is 16.5. The Morgan fingerprint density at radius 1 is 1.02 bits per heavy atom. The Labute approximate surface area is 233 Å². The molecular weight excluding hydrogens is 512 g/mol. The summed E-state index contributed by atoms with van der Waals surface area (Å²) in [6.45, 7) is 1.38. The van der Waals surface area contributed by atoms with E-state index in [2.05, 4.69) is 17.4 Å². The third kappa shape index (κ3) is 7.95. The number of carboxylic acids is 1. The van der Waals surface area contributed by atoms with Crippen molar-refractivity contribution in [3.8, 4) is 11.5 Å². The summed E-state index contributed by atoms with van der Waals surface area (Å²) in [5.41, 5.74) is 10.9. The van der Waals surface area contributed by atoms with E-state index in [9.17, 15) is 14.8 Å². The van der Waals surface area contributed by atoms with Gasteiger partial charge in [0.25, 0.3) is 5.91 Å². The second-order valence-corrected chi connectivity index (χ2v) is 9.68. The number of hydrogen-bond donors (Lipinski definition) is 5. The van der Waals surface area contributed by atoms with Gasteiger partial charge in [-0.3, -0.25) is 9.59 Å². The molecule has 0 aliphatic carbocycles. The van der Waals surface area contributed by atoms with Crippen LogP contribution in [-0.4, -0.2) is 54.2 Å². The maximum atomic E-state index is 13.1. The number of benzene rings is 3. The average molecular weight is 549 g/mol. The molecule has 0 radical (unpaired) electrons. The van der Waals surface area contributed by atoms with Crippen LogP contribution in [0.15, 0.2) is 72.8 Å². The second kappa shape index (κ2) is 14.3. The largest absolute Gasteiger partial charge is 0.494 e. The minimum Gasteiger partial charge on any atom is -0.494 e. The lowest BCUT2D eigenvalue weighted by molar-refractivity contribution is -0.137. The van der Waals surface area contributed by atoms with Crippen LogP contribution in [0.4, 0.5) is 11.4 Å². The van der Waals surface area contributed by atoms with Crippen LogP contribution in [0, 0.1) is 0 Å². The van der Waals surface area contributed by atoms with E-state index in [-0.39, 0.29) is 12.3 Å². The first-order chi connectivity index (χ1) is 19.4. The molecule has 4 rings (SSSR count). The lowest BCUT2D eigenvalue weighted by Gasteiger charge is -2.38. The molecule has 0 bridgehead atoms. The number of para-hydroxylation sites is 1. The smallest absolute Gasteiger partial charge is 0.303 e. The topological polar surface area (TPSA) is 146 Å². The number of hydroxylamine groups is 1. The van der Waals surface area contributed by atoms with Crippen LogP contribution < -0.4 is 30.9 Å². The van der Waals surface area contributed by atoms with Crippen molar-refractivity contribution in [2.45, 2.75) is 44.4 Å². The van der Waals surface area contributed by atoms with Crippen LogP contribution in [0.3, 0.4) is 0 Å². The molecule has 40 heavy (non-hydrogen) atoms. The van der Waals surface area contributed by atoms with Gasteiger partial charge in [0.05, 0.1) is 24.5 Å². The maximum Gasteiger partial charge on any atom is 0.303 e. The number of nitrogens with zero attached hydrogens (tertiary/aromatic N) is 1. The van der Waals surface area contributed by atoms with E-state index in [4.69, 9.17) is 20.3 Å². The monoisotopic (exact) mass is 548 g/mol. The van der Waals surface area contributed by atoms with Crippen molar-refractivity contribution in [2.24, 2.45) is 5.73 Å². The Balaban J connectivity index is 1.36. The molecule has 0 fully saturated rings. The lowest BCUT2D eigenvalue weighted by Crippen LogP contribution is -2.55. The molecule has 0 saturated carbocycles. The summed E-state index contributed by atoms with van der Waals surface area (Å²) in [7, 11) is 0. The van der Waals surface area contributed by atoms with Crippen LogP contribution in [0.2, 0.25) is 0 Å². The Morgan fingerprint density at radius 2 is 1.80 bits per heavy atom. The number of anilines is 2. The maximum absolute atomic E-state index is 13.1. The van der Waals surface area contributed by atoms with E-state index in [0.717, 1.165) is 19.3 Å². The highest BCUT2D eigenvalue weighted by Gasteiger charge is 2.31. The predicted octanol–water partition coefficient (Wildman–Crippen LogP) is 4.04. The first kappa shape index (κ1) is 28.9. The van der Waals surface area contributed by atoms with Crippen molar-refractivity contribution in [1.29, 1.82) is 0 Å². The number of fused-ring (bicyclic) bond motifs is 1. The van der Waals surface area contributed by atoms with Gasteiger partial charge in [-0.05, 0) is 67.6 Å². The molecule has 3 aromatic rings. The third-order valence-corrected chi connectivity index (χ3v) is 6.71. The summed E-state index contributed by atoms with van der Waals surface area (Å²) in [6.07, 6.45) is 1.89. The fourth-order valence-corrected chi connectivity index (χ4v) is 4.57. The fourth-order valence-electron chi connectivity index (χ4n) is 4.57. The molecule has 0 aromatic heterocycles. The summed E-state index contributed by atoms with van der Waals surface area (Å²) in [5, 5.41) is 21.3. The first-order valence-corrected chi connectivity index (χ1v) is 13.4. The van der Waals surface area contributed by atoms with Gasteiger partial charge in [0.15, 0.2) is 5.75 Å². The summed E-state index contributed by atoms with van der Waals surface area (Å²) >= 11 is 0. The fraction of sp³-hybridized carbons (Fsp3) is 0.333. The average Bonchev–Trinajstić information content (AvgIpc) is 2.97. The van der Waals surface area contributed by atoms with Crippen LogP contribution in [0.1, 0.15) is 41.6 Å². The summed E-state index contributed by atoms with van der Waals surface area (Å²) < 4.78 is 11.9. The Bertz CT molecular complexity index is 1250. The summed E-state index contributed by atoms with van der Waals surface area (Å²) in [5.74, 6) is -0.0969. The van der Waals surface area contributed by atoms with E-state index >= 15 is 0 Å². The van der Waals surface area contributed by atoms with Gasteiger partial charge in [0.1, 0.15) is 18.0 Å². The number of aryl methyl sites for hydroxylation is 1. The zero-order chi connectivity index (χ0) is 28.3. The number of aliphatic carboxylic acids is 1. The highest BCUT2D eigenvalue weighted by molar-refractivity contribution is 6.05. The van der Waals surface area contributed by atoms with Gasteiger partial charge in [0.2, 0.25) is 0 Å². The summed E-state index contributed by atoms with van der Waals surface area (Å²) in [6, 6.07) is 22.7. The van der Waals surface area contributed by atoms with E-state index in [1.165, 1.54) is 5.56 Å². The van der Waals surface area contributed by atoms with Crippen LogP contribution in [0.25, 0.3) is 0 Å². The number of nitrogens with one attached hydrogen (secondary N) is 2. The number of amides is 1. The Morgan fingerprint density at radius 3 is 2.52 bits per heavy atom. The minimum atomic E-state index is -0.884. The van der Waals surface area contributed by atoms with E-state index in [1.54, 1.807) is 36.4 Å². The van der Waals surface area contributed by atoms with Gasteiger partial charge in [-0.1, -0.05) is 36.4 Å². The SMILES string of the molecule is NC(NO)C1CN(CCCC(=O)O)c2cccc(NC(=O)c3ccc(OCCCCc4ccccc4)cc3)c2O1. The molecule has 1 amide bonds. The quantitative estimate of drug-likeness (QED) is 0.114. The van der Waals surface area contributed by atoms with E-state index < -0.39 is 18.2 Å². The van der Waals surface area contributed by atoms with Gasteiger partial charge in [0, 0.05) is 18.5 Å². The molecule has 6 N–H and O–H groups in total. The predicted molar refractivity (Wildman–Crippen MR) is 152 cm³/mol. The van der Waals surface area contributed by atoms with Crippen molar-refractivity contribution < 1.29 is 29.4 Å². The normalized spacial score (nSPS) is 15.1. The van der Waals surface area contributed by atoms with Gasteiger partial charge in [-0.15, -0.1) is 0 Å². The zero-order valence-corrected chi connectivity index (χ0v) is 22.3. The standard InChI is InChI=1S/C30H36N4O6/c31-29(33-38)26-20-34(18-7-13-27(35)36)25-12-6-11-24(28(25)40-26)32-30(37)22-14-16-23(17-15-22)39-19-5-4-10-21-8-2-1-3-9-21/h1-3,6,8-9,11-12,14-17,26,29,33,38H,4-5,7,10,13,18-20,31H2,(H,32,37)(H,35,36). The van der Waals surface area contributed by atoms with E-state index in [0.29, 0.717) is 54.6 Å². The zero-order valence-electron chi connectivity index (χ0n) is 22.3. The molecule has 2 atom stereocenters. The molecular formula is C30H36N4O6. The van der Waals surface area contributed by atoms with Crippen LogP contribution in [-0.2, 0) is 11.2 Å². The van der Waals surface area contributed by atoms with Crippen molar-refractivity contribution in [3.05, 3.63) is 83.9 Å². The Kier molecular flexibility index (Phi) is 10.3. The third-order valence-electron chi connectivity index (χ3n) is 6.71.